The number of hydrogen-bond acceptors (Lipinski definition) is 2. The zero-order valence-corrected chi connectivity index (χ0v) is 11.1. The molecule has 3 rings (SSSR count). The van der Waals surface area contributed by atoms with Gasteiger partial charge in [0.2, 0.25) is 0 Å². The van der Waals surface area contributed by atoms with Crippen LogP contribution in [-0.4, -0.2) is 14.4 Å². The molecular formula is C11H5BrClF2N3. The third kappa shape index (κ3) is 1.67. The SMILES string of the molecule is FC1=CCc2c(nc(Cl)c3ncc(Br)n23)C=C1F. The lowest BCUT2D eigenvalue weighted by atomic mass is 10.2. The molecule has 18 heavy (non-hydrogen) atoms. The predicted octanol–water partition coefficient (Wildman–Crippen LogP) is 3.87. The Kier molecular flexibility index (Phi) is 2.71. The predicted molar refractivity (Wildman–Crippen MR) is 67.7 cm³/mol. The van der Waals surface area contributed by atoms with Crippen LogP contribution in [0.1, 0.15) is 11.4 Å². The van der Waals surface area contributed by atoms with Gasteiger partial charge in [0.05, 0.1) is 17.6 Å². The Morgan fingerprint density at radius 2 is 2.11 bits per heavy atom. The second-order valence-electron chi connectivity index (χ2n) is 3.72. The zero-order valence-electron chi connectivity index (χ0n) is 8.79. The van der Waals surface area contributed by atoms with Crippen molar-refractivity contribution in [2.75, 3.05) is 0 Å². The molecule has 0 spiro atoms. The molecule has 0 aliphatic heterocycles. The van der Waals surface area contributed by atoms with Gasteiger partial charge in [-0.25, -0.2) is 18.7 Å². The Hall–Kier alpha value is -1.27. The molecule has 1 aliphatic rings. The van der Waals surface area contributed by atoms with Gasteiger partial charge in [0, 0.05) is 12.5 Å². The van der Waals surface area contributed by atoms with Crippen molar-refractivity contribution in [2.45, 2.75) is 6.42 Å². The molecule has 2 aromatic rings. The smallest absolute Gasteiger partial charge is 0.176 e. The van der Waals surface area contributed by atoms with Crippen molar-refractivity contribution in [1.29, 1.82) is 0 Å². The largest absolute Gasteiger partial charge is 0.286 e. The molecular weight excluding hydrogens is 327 g/mol. The van der Waals surface area contributed by atoms with Gasteiger partial charge in [-0.15, -0.1) is 0 Å². The second kappa shape index (κ2) is 4.13. The summed E-state index contributed by atoms with van der Waals surface area (Å²) in [4.78, 5) is 8.13. The van der Waals surface area contributed by atoms with Crippen LogP contribution in [-0.2, 0) is 6.42 Å². The number of fused-ring (bicyclic) bond motifs is 3. The van der Waals surface area contributed by atoms with Crippen molar-refractivity contribution in [3.63, 3.8) is 0 Å². The minimum atomic E-state index is -0.951. The van der Waals surface area contributed by atoms with E-state index < -0.39 is 11.7 Å². The lowest BCUT2D eigenvalue weighted by molar-refractivity contribution is 0.548. The standard InChI is InChI=1S/C11H5BrClF2N3/c12-9-4-16-11-10(13)17-7-3-6(15)5(14)1-2-8(7)18(9)11/h1,3-4H,2H2. The highest BCUT2D eigenvalue weighted by Gasteiger charge is 2.18. The number of nitrogens with zero attached hydrogens (tertiary/aromatic N) is 3. The fourth-order valence-electron chi connectivity index (χ4n) is 1.85. The number of aromatic nitrogens is 3. The first-order valence-electron chi connectivity index (χ1n) is 5.02. The van der Waals surface area contributed by atoms with E-state index in [0.29, 0.717) is 21.6 Å². The van der Waals surface area contributed by atoms with E-state index in [2.05, 4.69) is 25.9 Å². The van der Waals surface area contributed by atoms with Gasteiger partial charge in [0.25, 0.3) is 0 Å². The van der Waals surface area contributed by atoms with Crippen LogP contribution in [0.25, 0.3) is 11.7 Å². The maximum absolute atomic E-state index is 13.4. The number of halogens is 4. The average molecular weight is 333 g/mol. The van der Waals surface area contributed by atoms with Gasteiger partial charge in [-0.05, 0) is 22.0 Å². The Bertz CT molecular complexity index is 721. The van der Waals surface area contributed by atoms with E-state index in [1.54, 1.807) is 10.6 Å². The molecule has 0 unspecified atom stereocenters. The third-order valence-electron chi connectivity index (χ3n) is 2.65. The third-order valence-corrected chi connectivity index (χ3v) is 3.47. The average Bonchev–Trinajstić information content (AvgIpc) is 2.65. The molecule has 0 fully saturated rings. The van der Waals surface area contributed by atoms with Crippen LogP contribution in [0.2, 0.25) is 5.15 Å². The molecule has 0 N–H and O–H groups in total. The number of imidazole rings is 1. The van der Waals surface area contributed by atoms with Crippen molar-refractivity contribution in [2.24, 2.45) is 0 Å². The fourth-order valence-corrected chi connectivity index (χ4v) is 2.56. The zero-order chi connectivity index (χ0) is 12.9. The molecule has 0 aromatic carbocycles. The highest BCUT2D eigenvalue weighted by Crippen LogP contribution is 2.29. The van der Waals surface area contributed by atoms with Crippen molar-refractivity contribution < 1.29 is 8.78 Å². The first-order chi connectivity index (χ1) is 8.58. The molecule has 92 valence electrons. The van der Waals surface area contributed by atoms with E-state index in [9.17, 15) is 8.78 Å². The summed E-state index contributed by atoms with van der Waals surface area (Å²) in [5.74, 6) is -1.85. The maximum Gasteiger partial charge on any atom is 0.176 e. The molecule has 7 heteroatoms. The molecule has 0 amide bonds. The quantitative estimate of drug-likeness (QED) is 0.733. The summed E-state index contributed by atoms with van der Waals surface area (Å²) in [5, 5.41) is 0.144. The minimum Gasteiger partial charge on any atom is -0.286 e. The van der Waals surface area contributed by atoms with Gasteiger partial charge in [0.15, 0.2) is 22.5 Å². The fraction of sp³-hybridized carbons (Fsp3) is 0.0909. The van der Waals surface area contributed by atoms with Crippen LogP contribution < -0.4 is 0 Å². The molecule has 0 saturated carbocycles. The van der Waals surface area contributed by atoms with Gasteiger partial charge in [-0.2, -0.15) is 0 Å². The summed E-state index contributed by atoms with van der Waals surface area (Å²) < 4.78 is 29.0. The van der Waals surface area contributed by atoms with Crippen LogP contribution in [0.3, 0.4) is 0 Å². The highest BCUT2D eigenvalue weighted by molar-refractivity contribution is 9.10. The van der Waals surface area contributed by atoms with Gasteiger partial charge in [-0.1, -0.05) is 11.6 Å². The minimum absolute atomic E-state index is 0.144. The Balaban J connectivity index is 2.41. The normalized spacial score (nSPS) is 15.1. The molecule has 2 heterocycles. The van der Waals surface area contributed by atoms with Gasteiger partial charge in [0.1, 0.15) is 4.60 Å². The van der Waals surface area contributed by atoms with Crippen LogP contribution in [0.5, 0.6) is 0 Å². The number of rotatable bonds is 0. The lowest BCUT2D eigenvalue weighted by Crippen LogP contribution is -2.03. The van der Waals surface area contributed by atoms with Gasteiger partial charge >= 0.3 is 0 Å². The molecule has 0 bridgehead atoms. The molecule has 0 atom stereocenters. The summed E-state index contributed by atoms with van der Waals surface area (Å²) in [7, 11) is 0. The Morgan fingerprint density at radius 1 is 1.33 bits per heavy atom. The summed E-state index contributed by atoms with van der Waals surface area (Å²) >= 11 is 9.29. The van der Waals surface area contributed by atoms with Crippen molar-refractivity contribution in [1.82, 2.24) is 14.4 Å². The summed E-state index contributed by atoms with van der Waals surface area (Å²) in [5.41, 5.74) is 1.38. The van der Waals surface area contributed by atoms with Crippen molar-refractivity contribution in [3.8, 4) is 0 Å². The molecule has 3 nitrogen and oxygen atoms in total. The molecule has 0 saturated heterocycles. The molecule has 0 radical (unpaired) electrons. The van der Waals surface area contributed by atoms with E-state index in [4.69, 9.17) is 11.6 Å². The van der Waals surface area contributed by atoms with E-state index in [1.165, 1.54) is 6.08 Å². The van der Waals surface area contributed by atoms with Crippen LogP contribution in [0, 0.1) is 0 Å². The molecule has 2 aromatic heterocycles. The lowest BCUT2D eigenvalue weighted by Gasteiger charge is -2.08. The van der Waals surface area contributed by atoms with Crippen LogP contribution >= 0.6 is 27.5 Å². The second-order valence-corrected chi connectivity index (χ2v) is 4.89. The van der Waals surface area contributed by atoms with Crippen LogP contribution in [0.4, 0.5) is 8.78 Å². The van der Waals surface area contributed by atoms with Crippen LogP contribution in [0.15, 0.2) is 28.5 Å². The Morgan fingerprint density at radius 3 is 2.89 bits per heavy atom. The van der Waals surface area contributed by atoms with E-state index in [-0.39, 0.29) is 11.6 Å². The monoisotopic (exact) mass is 331 g/mol. The highest BCUT2D eigenvalue weighted by atomic mass is 79.9. The van der Waals surface area contributed by atoms with E-state index >= 15 is 0 Å². The first-order valence-corrected chi connectivity index (χ1v) is 6.19. The summed E-state index contributed by atoms with van der Waals surface area (Å²) in [6.45, 7) is 0. The van der Waals surface area contributed by atoms with E-state index in [0.717, 1.165) is 6.08 Å². The topological polar surface area (TPSA) is 30.2 Å². The number of allylic oxidation sites excluding steroid dienone is 3. The Labute approximate surface area is 114 Å². The van der Waals surface area contributed by atoms with Crippen molar-refractivity contribution >= 4 is 39.3 Å². The first kappa shape index (κ1) is 11.8. The van der Waals surface area contributed by atoms with Gasteiger partial charge in [-0.3, -0.25) is 4.40 Å². The van der Waals surface area contributed by atoms with Crippen molar-refractivity contribution in [3.05, 3.63) is 45.1 Å². The number of hydrogen-bond donors (Lipinski definition) is 0. The summed E-state index contributed by atoms with van der Waals surface area (Å²) in [6.07, 6.45) is 3.97. The van der Waals surface area contributed by atoms with Gasteiger partial charge < -0.3 is 0 Å². The molecule has 1 aliphatic carbocycles. The summed E-state index contributed by atoms with van der Waals surface area (Å²) in [6, 6.07) is 0. The maximum atomic E-state index is 13.4. The van der Waals surface area contributed by atoms with E-state index in [1.807, 2.05) is 0 Å².